The average Bonchev–Trinajstić information content (AvgIpc) is 2.77. The molecule has 0 bridgehead atoms. The van der Waals surface area contributed by atoms with E-state index in [1.807, 2.05) is 0 Å². The van der Waals surface area contributed by atoms with Crippen LogP contribution < -0.4 is 15.2 Å². The number of hydrogen-bond donors (Lipinski definition) is 1. The molecule has 1 aromatic heterocycles. The minimum atomic E-state index is -0.443. The van der Waals surface area contributed by atoms with E-state index < -0.39 is 5.82 Å². The number of nitrogens with one attached hydrogen (secondary N) is 1. The van der Waals surface area contributed by atoms with E-state index >= 15 is 0 Å². The summed E-state index contributed by atoms with van der Waals surface area (Å²) in [5, 5.41) is 4.38. The van der Waals surface area contributed by atoms with Crippen molar-refractivity contribution in [2.45, 2.75) is 19.3 Å². The molecule has 3 heterocycles. The number of morpholine rings is 1. The summed E-state index contributed by atoms with van der Waals surface area (Å²) < 4.78 is 19.3. The summed E-state index contributed by atoms with van der Waals surface area (Å²) in [6, 6.07) is 4.50. The molecular formula is C19H23ClFN7O. The molecule has 154 valence electrons. The second-order valence-corrected chi connectivity index (χ2v) is 7.32. The maximum atomic E-state index is 13.9. The van der Waals surface area contributed by atoms with Gasteiger partial charge in [-0.2, -0.15) is 20.1 Å². The lowest BCUT2D eigenvalue weighted by Crippen LogP contribution is -2.38. The van der Waals surface area contributed by atoms with Crippen LogP contribution in [0.1, 0.15) is 24.8 Å². The number of piperidine rings is 1. The van der Waals surface area contributed by atoms with Crippen LogP contribution in [0, 0.1) is 5.82 Å². The van der Waals surface area contributed by atoms with E-state index in [1.54, 1.807) is 12.1 Å². The van der Waals surface area contributed by atoms with Crippen LogP contribution in [0.3, 0.4) is 0 Å². The zero-order chi connectivity index (χ0) is 20.1. The van der Waals surface area contributed by atoms with Gasteiger partial charge in [-0.25, -0.2) is 9.82 Å². The lowest BCUT2D eigenvalue weighted by molar-refractivity contribution is 0.122. The Morgan fingerprint density at radius 1 is 1.00 bits per heavy atom. The van der Waals surface area contributed by atoms with E-state index in [2.05, 4.69) is 35.3 Å². The lowest BCUT2D eigenvalue weighted by atomic mass is 10.1. The number of ether oxygens (including phenoxy) is 1. The Balaban J connectivity index is 1.58. The normalized spacial score (nSPS) is 17.7. The third-order valence-corrected chi connectivity index (χ3v) is 5.23. The second kappa shape index (κ2) is 9.32. The molecule has 0 amide bonds. The van der Waals surface area contributed by atoms with Crippen molar-refractivity contribution < 1.29 is 9.13 Å². The van der Waals surface area contributed by atoms with Gasteiger partial charge in [0.25, 0.3) is 0 Å². The smallest absolute Gasteiger partial charge is 0.250 e. The molecular weight excluding hydrogens is 397 g/mol. The van der Waals surface area contributed by atoms with Crippen LogP contribution in [0.5, 0.6) is 0 Å². The van der Waals surface area contributed by atoms with E-state index in [9.17, 15) is 4.39 Å². The molecule has 2 saturated heterocycles. The average molecular weight is 420 g/mol. The molecule has 0 atom stereocenters. The van der Waals surface area contributed by atoms with Gasteiger partial charge in [-0.3, -0.25) is 0 Å². The number of hydrazone groups is 1. The molecule has 10 heteroatoms. The molecule has 0 unspecified atom stereocenters. The highest BCUT2D eigenvalue weighted by Gasteiger charge is 2.20. The molecule has 1 N–H and O–H groups in total. The largest absolute Gasteiger partial charge is 0.378 e. The van der Waals surface area contributed by atoms with Crippen molar-refractivity contribution in [1.29, 1.82) is 0 Å². The first-order chi connectivity index (χ1) is 14.2. The maximum Gasteiger partial charge on any atom is 0.250 e. The van der Waals surface area contributed by atoms with Crippen LogP contribution >= 0.6 is 11.6 Å². The van der Waals surface area contributed by atoms with Crippen molar-refractivity contribution >= 4 is 35.7 Å². The molecule has 29 heavy (non-hydrogen) atoms. The summed E-state index contributed by atoms with van der Waals surface area (Å²) in [5.74, 6) is 1.08. The van der Waals surface area contributed by atoms with Gasteiger partial charge >= 0.3 is 0 Å². The monoisotopic (exact) mass is 419 g/mol. The van der Waals surface area contributed by atoms with E-state index in [0.29, 0.717) is 31.1 Å². The van der Waals surface area contributed by atoms with Gasteiger partial charge in [-0.15, -0.1) is 0 Å². The summed E-state index contributed by atoms with van der Waals surface area (Å²) in [5.41, 5.74) is 3.01. The highest BCUT2D eigenvalue weighted by molar-refractivity contribution is 6.33. The number of anilines is 3. The second-order valence-electron chi connectivity index (χ2n) is 6.91. The standard InChI is InChI=1S/C19H23ClFN7O/c20-15-5-4-6-16(21)14(15)13-22-26-17-23-18(27-7-2-1-3-8-27)25-19(24-17)28-9-11-29-12-10-28/h4-6,13H,1-3,7-12H2,(H,23,24,25,26)/b22-13-. The van der Waals surface area contributed by atoms with Crippen LogP contribution in [-0.4, -0.2) is 60.6 Å². The molecule has 2 fully saturated rings. The van der Waals surface area contributed by atoms with Gasteiger partial charge < -0.3 is 14.5 Å². The molecule has 2 aromatic rings. The molecule has 0 spiro atoms. The zero-order valence-electron chi connectivity index (χ0n) is 16.0. The van der Waals surface area contributed by atoms with Crippen LogP contribution in [-0.2, 0) is 4.74 Å². The Morgan fingerprint density at radius 3 is 2.38 bits per heavy atom. The Hall–Kier alpha value is -2.52. The fraction of sp³-hybridized carbons (Fsp3) is 0.474. The van der Waals surface area contributed by atoms with Gasteiger partial charge in [0.2, 0.25) is 17.8 Å². The van der Waals surface area contributed by atoms with E-state index in [-0.39, 0.29) is 10.6 Å². The lowest BCUT2D eigenvalue weighted by Gasteiger charge is -2.30. The van der Waals surface area contributed by atoms with Crippen molar-refractivity contribution in [3.8, 4) is 0 Å². The third kappa shape index (κ3) is 4.91. The number of nitrogens with zero attached hydrogens (tertiary/aromatic N) is 6. The fourth-order valence-electron chi connectivity index (χ4n) is 3.33. The third-order valence-electron chi connectivity index (χ3n) is 4.90. The van der Waals surface area contributed by atoms with Crippen molar-refractivity contribution in [2.24, 2.45) is 5.10 Å². The number of aromatic nitrogens is 3. The maximum absolute atomic E-state index is 13.9. The van der Waals surface area contributed by atoms with Crippen LogP contribution in [0.2, 0.25) is 5.02 Å². The summed E-state index contributed by atoms with van der Waals surface area (Å²) in [4.78, 5) is 17.9. The van der Waals surface area contributed by atoms with Crippen LogP contribution in [0.15, 0.2) is 23.3 Å². The van der Waals surface area contributed by atoms with E-state index in [1.165, 1.54) is 18.7 Å². The van der Waals surface area contributed by atoms with Gasteiger partial charge in [-0.1, -0.05) is 17.7 Å². The summed E-state index contributed by atoms with van der Waals surface area (Å²) >= 11 is 6.04. The van der Waals surface area contributed by atoms with Crippen molar-refractivity contribution in [3.05, 3.63) is 34.6 Å². The predicted molar refractivity (Wildman–Crippen MR) is 112 cm³/mol. The highest BCUT2D eigenvalue weighted by atomic mass is 35.5. The Morgan fingerprint density at radius 2 is 1.69 bits per heavy atom. The first-order valence-corrected chi connectivity index (χ1v) is 10.2. The molecule has 4 rings (SSSR count). The predicted octanol–water partition coefficient (Wildman–Crippen LogP) is 2.94. The Labute approximate surface area is 173 Å². The summed E-state index contributed by atoms with van der Waals surface area (Å²) in [6.07, 6.45) is 4.78. The van der Waals surface area contributed by atoms with Crippen molar-refractivity contribution in [2.75, 3.05) is 54.6 Å². The quantitative estimate of drug-likeness (QED) is 0.589. The minimum absolute atomic E-state index is 0.209. The first-order valence-electron chi connectivity index (χ1n) is 9.77. The number of rotatable bonds is 5. The summed E-state index contributed by atoms with van der Waals surface area (Å²) in [6.45, 7) is 4.54. The fourth-order valence-corrected chi connectivity index (χ4v) is 3.54. The van der Waals surface area contributed by atoms with Crippen LogP contribution in [0.4, 0.5) is 22.2 Å². The molecule has 8 nitrogen and oxygen atoms in total. The number of benzene rings is 1. The van der Waals surface area contributed by atoms with Gasteiger partial charge in [0.05, 0.1) is 24.5 Å². The first kappa shape index (κ1) is 19.8. The molecule has 0 aliphatic carbocycles. The van der Waals surface area contributed by atoms with E-state index in [0.717, 1.165) is 39.0 Å². The zero-order valence-corrected chi connectivity index (χ0v) is 16.8. The summed E-state index contributed by atoms with van der Waals surface area (Å²) in [7, 11) is 0. The SMILES string of the molecule is Fc1cccc(Cl)c1/C=N\Nc1nc(N2CCCCC2)nc(N2CCOCC2)n1. The Kier molecular flexibility index (Phi) is 6.36. The topological polar surface area (TPSA) is 78.8 Å². The van der Waals surface area contributed by atoms with E-state index in [4.69, 9.17) is 16.3 Å². The highest BCUT2D eigenvalue weighted by Crippen LogP contribution is 2.21. The molecule has 2 aliphatic rings. The van der Waals surface area contributed by atoms with Gasteiger partial charge in [0, 0.05) is 31.7 Å². The molecule has 2 aliphatic heterocycles. The number of halogens is 2. The molecule has 1 aromatic carbocycles. The van der Waals surface area contributed by atoms with Gasteiger partial charge in [0.15, 0.2) is 0 Å². The van der Waals surface area contributed by atoms with Gasteiger partial charge in [0.1, 0.15) is 5.82 Å². The molecule has 0 saturated carbocycles. The molecule has 0 radical (unpaired) electrons. The number of hydrogen-bond acceptors (Lipinski definition) is 8. The minimum Gasteiger partial charge on any atom is -0.378 e. The van der Waals surface area contributed by atoms with Crippen LogP contribution in [0.25, 0.3) is 0 Å². The van der Waals surface area contributed by atoms with Crippen molar-refractivity contribution in [3.63, 3.8) is 0 Å². The van der Waals surface area contributed by atoms with Crippen molar-refractivity contribution in [1.82, 2.24) is 15.0 Å². The Bertz CT molecular complexity index is 813. The van der Waals surface area contributed by atoms with Gasteiger partial charge in [-0.05, 0) is 31.4 Å².